The van der Waals surface area contributed by atoms with E-state index in [0.29, 0.717) is 11.3 Å². The molecule has 0 aliphatic rings. The lowest BCUT2D eigenvalue weighted by molar-refractivity contribution is -0.114. The van der Waals surface area contributed by atoms with Crippen LogP contribution in [0.25, 0.3) is 0 Å². The SMILES string of the molecule is CC(=O)Nc1ccc(C(=O)c2ccc(N(C)C)cc2O)c(C)c1. The molecule has 0 aromatic heterocycles. The molecular weight excluding hydrogens is 292 g/mol. The van der Waals surface area contributed by atoms with Crippen LogP contribution in [0, 0.1) is 6.92 Å². The third-order valence-electron chi connectivity index (χ3n) is 3.53. The molecule has 0 bridgehead atoms. The van der Waals surface area contributed by atoms with E-state index in [2.05, 4.69) is 5.32 Å². The van der Waals surface area contributed by atoms with Gasteiger partial charge in [-0.25, -0.2) is 0 Å². The van der Waals surface area contributed by atoms with Crippen molar-refractivity contribution in [3.63, 3.8) is 0 Å². The van der Waals surface area contributed by atoms with Crippen molar-refractivity contribution in [2.75, 3.05) is 24.3 Å². The highest BCUT2D eigenvalue weighted by atomic mass is 16.3. The first-order valence-electron chi connectivity index (χ1n) is 7.23. The number of nitrogens with zero attached hydrogens (tertiary/aromatic N) is 1. The highest BCUT2D eigenvalue weighted by Crippen LogP contribution is 2.27. The minimum absolute atomic E-state index is 0.0495. The molecule has 0 spiro atoms. The van der Waals surface area contributed by atoms with Gasteiger partial charge in [-0.3, -0.25) is 9.59 Å². The number of aryl methyl sites for hydroxylation is 1. The first kappa shape index (κ1) is 16.5. The zero-order valence-corrected chi connectivity index (χ0v) is 13.7. The maximum Gasteiger partial charge on any atom is 0.221 e. The number of ketones is 1. The summed E-state index contributed by atoms with van der Waals surface area (Å²) in [5, 5.41) is 12.8. The summed E-state index contributed by atoms with van der Waals surface area (Å²) < 4.78 is 0. The van der Waals surface area contributed by atoms with E-state index in [1.54, 1.807) is 43.3 Å². The molecular formula is C18H20N2O3. The van der Waals surface area contributed by atoms with Gasteiger partial charge in [-0.15, -0.1) is 0 Å². The molecule has 5 heteroatoms. The molecule has 0 saturated heterocycles. The summed E-state index contributed by atoms with van der Waals surface area (Å²) in [5.74, 6) is -0.466. The van der Waals surface area contributed by atoms with Crippen molar-refractivity contribution in [2.24, 2.45) is 0 Å². The fourth-order valence-corrected chi connectivity index (χ4v) is 2.33. The van der Waals surface area contributed by atoms with Gasteiger partial charge in [0.2, 0.25) is 5.91 Å². The van der Waals surface area contributed by atoms with Gasteiger partial charge in [-0.2, -0.15) is 0 Å². The summed E-state index contributed by atoms with van der Waals surface area (Å²) in [6, 6.07) is 10.0. The largest absolute Gasteiger partial charge is 0.507 e. The van der Waals surface area contributed by atoms with Crippen LogP contribution in [0.4, 0.5) is 11.4 Å². The van der Waals surface area contributed by atoms with E-state index >= 15 is 0 Å². The van der Waals surface area contributed by atoms with Gasteiger partial charge >= 0.3 is 0 Å². The summed E-state index contributed by atoms with van der Waals surface area (Å²) in [7, 11) is 3.72. The molecule has 0 unspecified atom stereocenters. The third-order valence-corrected chi connectivity index (χ3v) is 3.53. The third kappa shape index (κ3) is 3.69. The zero-order chi connectivity index (χ0) is 17.1. The second kappa shape index (κ2) is 6.52. The molecule has 2 rings (SSSR count). The van der Waals surface area contributed by atoms with E-state index in [9.17, 15) is 14.7 Å². The molecule has 2 aromatic rings. The Bertz CT molecular complexity index is 767. The van der Waals surface area contributed by atoms with Crippen LogP contribution in [-0.4, -0.2) is 30.9 Å². The molecule has 2 N–H and O–H groups in total. The Hall–Kier alpha value is -2.82. The van der Waals surface area contributed by atoms with Gasteiger partial charge in [-0.05, 0) is 42.8 Å². The molecule has 0 fully saturated rings. The monoisotopic (exact) mass is 312 g/mol. The number of hydrogen-bond donors (Lipinski definition) is 2. The van der Waals surface area contributed by atoms with Crippen LogP contribution in [-0.2, 0) is 4.79 Å². The van der Waals surface area contributed by atoms with Crippen molar-refractivity contribution < 1.29 is 14.7 Å². The lowest BCUT2D eigenvalue weighted by Gasteiger charge is -2.14. The maximum absolute atomic E-state index is 12.6. The van der Waals surface area contributed by atoms with Crippen LogP contribution in [0.5, 0.6) is 5.75 Å². The molecule has 0 radical (unpaired) electrons. The van der Waals surface area contributed by atoms with Crippen LogP contribution >= 0.6 is 0 Å². The van der Waals surface area contributed by atoms with E-state index < -0.39 is 0 Å². The van der Waals surface area contributed by atoms with E-state index in [-0.39, 0.29) is 23.0 Å². The number of anilines is 2. The minimum atomic E-state index is -0.250. The normalized spacial score (nSPS) is 10.3. The van der Waals surface area contributed by atoms with Gasteiger partial charge in [0.1, 0.15) is 5.75 Å². The number of carbonyl (C=O) groups is 2. The van der Waals surface area contributed by atoms with Crippen molar-refractivity contribution in [3.05, 3.63) is 53.1 Å². The molecule has 23 heavy (non-hydrogen) atoms. The van der Waals surface area contributed by atoms with Crippen molar-refractivity contribution in [1.82, 2.24) is 0 Å². The Morgan fingerprint density at radius 3 is 2.22 bits per heavy atom. The Labute approximate surface area is 135 Å². The van der Waals surface area contributed by atoms with Gasteiger partial charge < -0.3 is 15.3 Å². The molecule has 2 aromatic carbocycles. The number of amides is 1. The molecule has 1 amide bonds. The van der Waals surface area contributed by atoms with E-state index in [1.165, 1.54) is 6.92 Å². The van der Waals surface area contributed by atoms with Gasteiger partial charge in [0, 0.05) is 44.0 Å². The minimum Gasteiger partial charge on any atom is -0.507 e. The van der Waals surface area contributed by atoms with E-state index in [4.69, 9.17) is 0 Å². The van der Waals surface area contributed by atoms with Crippen molar-refractivity contribution in [3.8, 4) is 5.75 Å². The van der Waals surface area contributed by atoms with Crippen LogP contribution in [0.2, 0.25) is 0 Å². The predicted octanol–water partition coefficient (Wildman–Crippen LogP) is 2.96. The Morgan fingerprint density at radius 2 is 1.70 bits per heavy atom. The van der Waals surface area contributed by atoms with Crippen molar-refractivity contribution in [2.45, 2.75) is 13.8 Å². The van der Waals surface area contributed by atoms with Crippen LogP contribution < -0.4 is 10.2 Å². The van der Waals surface area contributed by atoms with Gasteiger partial charge in [0.15, 0.2) is 5.78 Å². The van der Waals surface area contributed by atoms with Gasteiger partial charge in [-0.1, -0.05) is 0 Å². The number of phenolic OH excluding ortho intramolecular Hbond substituents is 1. The molecule has 0 aliphatic carbocycles. The number of aromatic hydroxyl groups is 1. The molecule has 0 atom stereocenters. The smallest absolute Gasteiger partial charge is 0.221 e. The highest BCUT2D eigenvalue weighted by molar-refractivity contribution is 6.12. The summed E-state index contributed by atoms with van der Waals surface area (Å²) in [6.07, 6.45) is 0. The summed E-state index contributed by atoms with van der Waals surface area (Å²) in [6.45, 7) is 3.22. The second-order valence-electron chi connectivity index (χ2n) is 5.64. The average molecular weight is 312 g/mol. The van der Waals surface area contributed by atoms with Crippen LogP contribution in [0.15, 0.2) is 36.4 Å². The number of hydrogen-bond acceptors (Lipinski definition) is 4. The van der Waals surface area contributed by atoms with Crippen molar-refractivity contribution >= 4 is 23.1 Å². The highest BCUT2D eigenvalue weighted by Gasteiger charge is 2.16. The standard InChI is InChI=1S/C18H20N2O3/c1-11-9-13(19-12(2)21)5-7-15(11)18(23)16-8-6-14(20(3)4)10-17(16)22/h5-10,22H,1-4H3,(H,19,21). The molecule has 0 heterocycles. The van der Waals surface area contributed by atoms with Crippen LogP contribution in [0.1, 0.15) is 28.4 Å². The second-order valence-corrected chi connectivity index (χ2v) is 5.64. The predicted molar refractivity (Wildman–Crippen MR) is 91.3 cm³/mol. The van der Waals surface area contributed by atoms with Gasteiger partial charge in [0.05, 0.1) is 5.56 Å². The van der Waals surface area contributed by atoms with Crippen LogP contribution in [0.3, 0.4) is 0 Å². The number of carbonyl (C=O) groups excluding carboxylic acids is 2. The number of nitrogens with one attached hydrogen (secondary N) is 1. The number of benzene rings is 2. The first-order chi connectivity index (χ1) is 10.8. The first-order valence-corrected chi connectivity index (χ1v) is 7.23. The van der Waals surface area contributed by atoms with Crippen molar-refractivity contribution in [1.29, 1.82) is 0 Å². The molecule has 0 aliphatic heterocycles. The van der Waals surface area contributed by atoms with E-state index in [0.717, 1.165) is 11.3 Å². The van der Waals surface area contributed by atoms with E-state index in [1.807, 2.05) is 19.0 Å². The Balaban J connectivity index is 2.35. The molecule has 120 valence electrons. The summed E-state index contributed by atoms with van der Waals surface area (Å²) in [4.78, 5) is 25.6. The average Bonchev–Trinajstić information content (AvgIpc) is 2.45. The lowest BCUT2D eigenvalue weighted by atomic mass is 9.97. The molecule has 0 saturated carbocycles. The topological polar surface area (TPSA) is 69.6 Å². The fraction of sp³-hybridized carbons (Fsp3) is 0.222. The fourth-order valence-electron chi connectivity index (χ4n) is 2.33. The molecule has 5 nitrogen and oxygen atoms in total. The Kier molecular flexibility index (Phi) is 4.69. The Morgan fingerprint density at radius 1 is 1.04 bits per heavy atom. The van der Waals surface area contributed by atoms with Gasteiger partial charge in [0.25, 0.3) is 0 Å². The summed E-state index contributed by atoms with van der Waals surface area (Å²) >= 11 is 0. The maximum atomic E-state index is 12.6. The number of phenols is 1. The zero-order valence-electron chi connectivity index (χ0n) is 13.7. The quantitative estimate of drug-likeness (QED) is 0.852. The number of rotatable bonds is 4. The summed E-state index contributed by atoms with van der Waals surface area (Å²) in [5.41, 5.74) is 2.94. The lowest BCUT2D eigenvalue weighted by Crippen LogP contribution is -2.10.